The fraction of sp³-hybridized carbons (Fsp3) is 0.0847. The number of rotatable bonds is 6. The summed E-state index contributed by atoms with van der Waals surface area (Å²) in [5, 5.41) is 2.29. The maximum absolute atomic E-state index is 6.30. The minimum absolute atomic E-state index is 0.133. The van der Waals surface area contributed by atoms with Crippen molar-refractivity contribution in [2.75, 3.05) is 4.90 Å². The van der Waals surface area contributed by atoms with E-state index < -0.39 is 0 Å². The highest BCUT2D eigenvalue weighted by Gasteiger charge is 2.42. The lowest BCUT2D eigenvalue weighted by molar-refractivity contribution is 0.660. The number of hydrogen-bond donors (Lipinski definition) is 0. The van der Waals surface area contributed by atoms with Crippen LogP contribution in [0.4, 0.5) is 17.1 Å². The van der Waals surface area contributed by atoms with Crippen LogP contribution in [0, 0.1) is 0 Å². The number of benzene rings is 9. The Balaban J connectivity index is 1.04. The summed E-state index contributed by atoms with van der Waals surface area (Å²) < 4.78 is 6.30. The second-order valence-electron chi connectivity index (χ2n) is 17.4. The summed E-state index contributed by atoms with van der Waals surface area (Å²) in [4.78, 5) is 2.46. The molecule has 10 aromatic rings. The van der Waals surface area contributed by atoms with E-state index in [0.29, 0.717) is 0 Å². The van der Waals surface area contributed by atoms with Crippen molar-refractivity contribution in [1.29, 1.82) is 0 Å². The Labute approximate surface area is 357 Å². The van der Waals surface area contributed by atoms with Gasteiger partial charge < -0.3 is 9.32 Å². The molecule has 0 N–H and O–H groups in total. The number of nitrogens with zero attached hydrogens (tertiary/aromatic N) is 1. The van der Waals surface area contributed by atoms with Gasteiger partial charge in [-0.15, -0.1) is 0 Å². The molecule has 2 nitrogen and oxygen atoms in total. The van der Waals surface area contributed by atoms with Crippen LogP contribution in [0.1, 0.15) is 48.6 Å². The SMILES string of the molecule is CC1(C)c2ccccc2-c2ccc(N(c3ccc(-c4ccc5c(c4)oc4ccccc45)cc3)c3ccc4c(c3)C(C)(c3ccccc3)c3cccc(-c5ccccc5)c3-4)cc21. The van der Waals surface area contributed by atoms with E-state index in [1.54, 1.807) is 0 Å². The first-order chi connectivity index (χ1) is 29.9. The minimum atomic E-state index is -0.376. The predicted octanol–water partition coefficient (Wildman–Crippen LogP) is 16.0. The quantitative estimate of drug-likeness (QED) is 0.167. The van der Waals surface area contributed by atoms with Gasteiger partial charge in [0.2, 0.25) is 0 Å². The molecule has 2 aliphatic carbocycles. The van der Waals surface area contributed by atoms with Gasteiger partial charge in [0.25, 0.3) is 0 Å². The third kappa shape index (κ3) is 5.28. The summed E-state index contributed by atoms with van der Waals surface area (Å²) >= 11 is 0. The van der Waals surface area contributed by atoms with E-state index in [1.165, 1.54) is 61.2 Å². The van der Waals surface area contributed by atoms with E-state index in [1.807, 2.05) is 12.1 Å². The zero-order valence-electron chi connectivity index (χ0n) is 34.5. The molecule has 0 aliphatic heterocycles. The molecule has 1 atom stereocenters. The standard InChI is InChI=1S/C59H43NO/c1-58(2)51-22-12-10-19-46(51)47-33-30-43(36-53(47)58)60(42-28-25-38(26-29-42)40-27-32-49-48-20-11-13-24-55(48)61-56(49)35-40)44-31-34-50-54(37-44)59(3,41-17-8-5-9-18-41)52-23-14-21-45(57(50)52)39-15-6-4-7-16-39/h4-37H,1-3H3. The van der Waals surface area contributed by atoms with E-state index in [0.717, 1.165) is 50.1 Å². The maximum atomic E-state index is 6.30. The number of hydrogen-bond acceptors (Lipinski definition) is 2. The van der Waals surface area contributed by atoms with Crippen LogP contribution in [0.2, 0.25) is 0 Å². The van der Waals surface area contributed by atoms with Gasteiger partial charge in [-0.2, -0.15) is 0 Å². The van der Waals surface area contributed by atoms with E-state index in [4.69, 9.17) is 4.42 Å². The van der Waals surface area contributed by atoms with Crippen LogP contribution in [0.5, 0.6) is 0 Å². The molecule has 290 valence electrons. The fourth-order valence-corrected chi connectivity index (χ4v) is 10.6. The monoisotopic (exact) mass is 781 g/mol. The van der Waals surface area contributed by atoms with Gasteiger partial charge in [0.1, 0.15) is 11.2 Å². The first kappa shape index (κ1) is 35.5. The van der Waals surface area contributed by atoms with E-state index in [-0.39, 0.29) is 10.8 Å². The Morgan fingerprint density at radius 2 is 0.951 bits per heavy atom. The van der Waals surface area contributed by atoms with Gasteiger partial charge in [-0.05, 0) is 134 Å². The molecular formula is C59H43NO. The highest BCUT2D eigenvalue weighted by Crippen LogP contribution is 2.57. The lowest BCUT2D eigenvalue weighted by Crippen LogP contribution is -2.23. The molecule has 0 amide bonds. The van der Waals surface area contributed by atoms with Crippen LogP contribution in [0.25, 0.3) is 66.4 Å². The lowest BCUT2D eigenvalue weighted by Gasteiger charge is -2.31. The van der Waals surface area contributed by atoms with Crippen LogP contribution in [0.15, 0.2) is 211 Å². The Kier molecular flexibility index (Phi) is 7.74. The molecule has 0 fully saturated rings. The third-order valence-corrected chi connectivity index (χ3v) is 13.8. The van der Waals surface area contributed by atoms with Crippen LogP contribution in [-0.4, -0.2) is 0 Å². The number of furan rings is 1. The summed E-state index contributed by atoms with van der Waals surface area (Å²) in [6.07, 6.45) is 0. The summed E-state index contributed by atoms with van der Waals surface area (Å²) in [5.74, 6) is 0. The van der Waals surface area contributed by atoms with Crippen molar-refractivity contribution in [3.05, 3.63) is 234 Å². The van der Waals surface area contributed by atoms with Gasteiger partial charge in [-0.3, -0.25) is 0 Å². The zero-order valence-corrected chi connectivity index (χ0v) is 34.5. The summed E-state index contributed by atoms with van der Waals surface area (Å²) in [6, 6.07) is 75.8. The van der Waals surface area contributed by atoms with Gasteiger partial charge in [-0.1, -0.05) is 166 Å². The first-order valence-corrected chi connectivity index (χ1v) is 21.3. The van der Waals surface area contributed by atoms with Crippen molar-refractivity contribution >= 4 is 39.0 Å². The van der Waals surface area contributed by atoms with Crippen LogP contribution >= 0.6 is 0 Å². The van der Waals surface area contributed by atoms with Gasteiger partial charge in [-0.25, -0.2) is 0 Å². The van der Waals surface area contributed by atoms with Crippen molar-refractivity contribution < 1.29 is 4.42 Å². The number of fused-ring (bicyclic) bond motifs is 9. The van der Waals surface area contributed by atoms with E-state index in [9.17, 15) is 0 Å². The topological polar surface area (TPSA) is 16.4 Å². The summed E-state index contributed by atoms with van der Waals surface area (Å²) in [5.41, 5.74) is 21.3. The van der Waals surface area contributed by atoms with Crippen LogP contribution in [0.3, 0.4) is 0 Å². The molecule has 1 unspecified atom stereocenters. The van der Waals surface area contributed by atoms with Crippen molar-refractivity contribution in [1.82, 2.24) is 0 Å². The van der Waals surface area contributed by atoms with Crippen molar-refractivity contribution in [3.8, 4) is 44.5 Å². The van der Waals surface area contributed by atoms with Crippen molar-refractivity contribution in [2.45, 2.75) is 31.6 Å². The molecule has 0 bridgehead atoms. The second kappa shape index (κ2) is 13.3. The van der Waals surface area contributed by atoms with E-state index in [2.05, 4.69) is 220 Å². The summed E-state index contributed by atoms with van der Waals surface area (Å²) in [7, 11) is 0. The molecular weight excluding hydrogens is 739 g/mol. The highest BCUT2D eigenvalue weighted by molar-refractivity contribution is 6.06. The Morgan fingerprint density at radius 1 is 0.361 bits per heavy atom. The van der Waals surface area contributed by atoms with Crippen molar-refractivity contribution in [3.63, 3.8) is 0 Å². The average Bonchev–Trinajstić information content (AvgIpc) is 3.90. The van der Waals surface area contributed by atoms with Crippen LogP contribution < -0.4 is 4.90 Å². The average molecular weight is 782 g/mol. The molecule has 61 heavy (non-hydrogen) atoms. The summed E-state index contributed by atoms with van der Waals surface area (Å²) in [6.45, 7) is 7.14. The highest BCUT2D eigenvalue weighted by atomic mass is 16.3. The maximum Gasteiger partial charge on any atom is 0.136 e. The van der Waals surface area contributed by atoms with Gasteiger partial charge in [0, 0.05) is 38.7 Å². The number of para-hydroxylation sites is 1. The normalized spacial score (nSPS) is 15.7. The number of anilines is 3. The smallest absolute Gasteiger partial charge is 0.136 e. The lowest BCUT2D eigenvalue weighted by atomic mass is 9.74. The van der Waals surface area contributed by atoms with Crippen LogP contribution in [-0.2, 0) is 10.8 Å². The third-order valence-electron chi connectivity index (χ3n) is 13.8. The molecule has 9 aromatic carbocycles. The Hall–Kier alpha value is -7.42. The molecule has 1 heterocycles. The van der Waals surface area contributed by atoms with E-state index >= 15 is 0 Å². The molecule has 1 aromatic heterocycles. The second-order valence-corrected chi connectivity index (χ2v) is 17.4. The minimum Gasteiger partial charge on any atom is -0.456 e. The predicted molar refractivity (Wildman–Crippen MR) is 254 cm³/mol. The molecule has 0 spiro atoms. The molecule has 0 radical (unpaired) electrons. The molecule has 0 saturated heterocycles. The molecule has 2 aliphatic rings. The molecule has 12 rings (SSSR count). The van der Waals surface area contributed by atoms with Gasteiger partial charge in [0.05, 0.1) is 0 Å². The largest absolute Gasteiger partial charge is 0.456 e. The fourth-order valence-electron chi connectivity index (χ4n) is 10.6. The Bertz CT molecular complexity index is 3340. The zero-order chi connectivity index (χ0) is 40.9. The Morgan fingerprint density at radius 3 is 1.75 bits per heavy atom. The molecule has 0 saturated carbocycles. The first-order valence-electron chi connectivity index (χ1n) is 21.3. The van der Waals surface area contributed by atoms with Crippen molar-refractivity contribution in [2.24, 2.45) is 0 Å². The molecule has 2 heteroatoms. The van der Waals surface area contributed by atoms with Gasteiger partial charge >= 0.3 is 0 Å². The van der Waals surface area contributed by atoms with Gasteiger partial charge in [0.15, 0.2) is 0 Å².